The summed E-state index contributed by atoms with van der Waals surface area (Å²) in [5, 5.41) is 12.4. The molecular formula is C15H20N10S5. The number of aromatic nitrogens is 5. The molecule has 5 heterocycles. The molecule has 0 unspecified atom stereocenters. The number of hydrogen-bond donors (Lipinski definition) is 5. The van der Waals surface area contributed by atoms with Gasteiger partial charge in [0.15, 0.2) is 25.7 Å². The Morgan fingerprint density at radius 3 is 0.567 bits per heavy atom. The van der Waals surface area contributed by atoms with E-state index in [0.29, 0.717) is 25.7 Å². The van der Waals surface area contributed by atoms with Crippen LogP contribution in [0.2, 0.25) is 0 Å². The van der Waals surface area contributed by atoms with Gasteiger partial charge in [0.25, 0.3) is 0 Å². The first kappa shape index (κ1) is 25.2. The van der Waals surface area contributed by atoms with E-state index < -0.39 is 0 Å². The van der Waals surface area contributed by atoms with Crippen molar-refractivity contribution in [2.24, 2.45) is 0 Å². The van der Waals surface area contributed by atoms with Crippen molar-refractivity contribution in [3.63, 3.8) is 0 Å². The second-order valence-electron chi connectivity index (χ2n) is 4.35. The van der Waals surface area contributed by atoms with Crippen LogP contribution in [0.4, 0.5) is 25.7 Å². The molecule has 10 N–H and O–H groups in total. The van der Waals surface area contributed by atoms with E-state index in [1.54, 1.807) is 31.0 Å². The monoisotopic (exact) mass is 500 g/mol. The van der Waals surface area contributed by atoms with Crippen molar-refractivity contribution in [1.29, 1.82) is 0 Å². The first-order chi connectivity index (χ1) is 14.5. The van der Waals surface area contributed by atoms with E-state index in [2.05, 4.69) is 24.9 Å². The van der Waals surface area contributed by atoms with Crippen LogP contribution in [0.15, 0.2) is 57.9 Å². The molecule has 0 saturated carbocycles. The lowest BCUT2D eigenvalue weighted by molar-refractivity contribution is 1.43. The van der Waals surface area contributed by atoms with Gasteiger partial charge in [0.2, 0.25) is 0 Å². The average Bonchev–Trinajstić information content (AvgIpc) is 3.50. The van der Waals surface area contributed by atoms with Crippen LogP contribution < -0.4 is 28.7 Å². The molecule has 30 heavy (non-hydrogen) atoms. The van der Waals surface area contributed by atoms with E-state index in [1.807, 2.05) is 26.9 Å². The van der Waals surface area contributed by atoms with Gasteiger partial charge in [-0.2, -0.15) is 0 Å². The molecule has 0 saturated heterocycles. The zero-order valence-corrected chi connectivity index (χ0v) is 19.5. The Kier molecular flexibility index (Phi) is 13.4. The summed E-state index contributed by atoms with van der Waals surface area (Å²) >= 11 is 7.22. The Balaban J connectivity index is 0.000000187. The molecule has 0 atom stereocenters. The van der Waals surface area contributed by atoms with E-state index >= 15 is 0 Å². The van der Waals surface area contributed by atoms with E-state index in [4.69, 9.17) is 28.7 Å². The second-order valence-corrected chi connectivity index (χ2v) is 8.98. The van der Waals surface area contributed by atoms with Crippen molar-refractivity contribution < 1.29 is 0 Å². The number of nitrogen functional groups attached to an aromatic ring is 5. The number of thiazole rings is 5. The van der Waals surface area contributed by atoms with Crippen LogP contribution in [0.3, 0.4) is 0 Å². The van der Waals surface area contributed by atoms with Crippen molar-refractivity contribution in [3.8, 4) is 0 Å². The van der Waals surface area contributed by atoms with Crippen LogP contribution in [-0.2, 0) is 0 Å². The minimum atomic E-state index is 0.634. The molecule has 0 spiro atoms. The average molecular weight is 501 g/mol. The van der Waals surface area contributed by atoms with Gasteiger partial charge >= 0.3 is 0 Å². The minimum Gasteiger partial charge on any atom is -0.375 e. The Bertz CT molecular complexity index is 749. The van der Waals surface area contributed by atoms with Crippen molar-refractivity contribution in [2.45, 2.75) is 0 Å². The van der Waals surface area contributed by atoms with Gasteiger partial charge in [-0.15, -0.1) is 56.7 Å². The number of anilines is 5. The van der Waals surface area contributed by atoms with Gasteiger partial charge < -0.3 is 28.7 Å². The highest BCUT2D eigenvalue weighted by Gasteiger charge is 1.79. The van der Waals surface area contributed by atoms with Crippen LogP contribution in [0, 0.1) is 0 Å². The summed E-state index contributed by atoms with van der Waals surface area (Å²) in [4.78, 5) is 18.6. The highest BCUT2D eigenvalue weighted by atomic mass is 32.1. The SMILES string of the molecule is Nc1nccs1.Nc1nccs1.Nc1nccs1.Nc1nccs1.Nc1nccs1. The van der Waals surface area contributed by atoms with Crippen LogP contribution in [0.5, 0.6) is 0 Å². The lowest BCUT2D eigenvalue weighted by Crippen LogP contribution is -1.77. The fourth-order valence-corrected chi connectivity index (χ4v) is 3.09. The summed E-state index contributed by atoms with van der Waals surface area (Å²) in [6, 6.07) is 0. The number of nitrogens with two attached hydrogens (primary N) is 5. The first-order valence-corrected chi connectivity index (χ1v) is 12.1. The Hall–Kier alpha value is -2.85. The molecule has 0 radical (unpaired) electrons. The first-order valence-electron chi connectivity index (χ1n) is 7.72. The molecule has 0 bridgehead atoms. The molecule has 15 heteroatoms. The third-order valence-electron chi connectivity index (χ3n) is 2.26. The van der Waals surface area contributed by atoms with Gasteiger partial charge in [-0.1, -0.05) is 0 Å². The Morgan fingerprint density at radius 1 is 0.367 bits per heavy atom. The molecule has 0 amide bonds. The summed E-state index contributed by atoms with van der Waals surface area (Å²) < 4.78 is 0. The van der Waals surface area contributed by atoms with Gasteiger partial charge in [0, 0.05) is 57.9 Å². The highest BCUT2D eigenvalue weighted by Crippen LogP contribution is 2.04. The zero-order chi connectivity index (χ0) is 22.0. The van der Waals surface area contributed by atoms with E-state index in [9.17, 15) is 0 Å². The smallest absolute Gasteiger partial charge is 0.179 e. The minimum absolute atomic E-state index is 0.634. The zero-order valence-electron chi connectivity index (χ0n) is 15.4. The standard InChI is InChI=1S/5C3H4N2S/c5*4-3-5-1-2-6-3/h5*1-2H,(H2,4,5). The normalized spacial score (nSPS) is 8.67. The largest absolute Gasteiger partial charge is 0.375 e. The number of hydrogen-bond acceptors (Lipinski definition) is 15. The van der Waals surface area contributed by atoms with Crippen LogP contribution in [0.1, 0.15) is 0 Å². The van der Waals surface area contributed by atoms with Crippen LogP contribution in [0.25, 0.3) is 0 Å². The van der Waals surface area contributed by atoms with Gasteiger partial charge in [0.05, 0.1) is 0 Å². The fraction of sp³-hybridized carbons (Fsp3) is 0. The lowest BCUT2D eigenvalue weighted by Gasteiger charge is -1.67. The summed E-state index contributed by atoms with van der Waals surface area (Å²) in [6.45, 7) is 0. The molecule has 160 valence electrons. The van der Waals surface area contributed by atoms with Gasteiger partial charge in [0.1, 0.15) is 0 Å². The maximum absolute atomic E-state index is 5.19. The molecule has 0 aliphatic heterocycles. The summed E-state index contributed by atoms with van der Waals surface area (Å²) in [7, 11) is 0. The fourth-order valence-electron chi connectivity index (χ4n) is 1.17. The predicted molar refractivity (Wildman–Crippen MR) is 133 cm³/mol. The molecule has 0 aromatic carbocycles. The number of rotatable bonds is 0. The van der Waals surface area contributed by atoms with Gasteiger partial charge in [-0.05, 0) is 0 Å². The van der Waals surface area contributed by atoms with Gasteiger partial charge in [-0.25, -0.2) is 24.9 Å². The second kappa shape index (κ2) is 16.0. The molecular weight excluding hydrogens is 481 g/mol. The van der Waals surface area contributed by atoms with E-state index in [1.165, 1.54) is 56.7 Å². The van der Waals surface area contributed by atoms with Crippen molar-refractivity contribution >= 4 is 82.3 Å². The van der Waals surface area contributed by atoms with Crippen LogP contribution >= 0.6 is 56.7 Å². The molecule has 0 aliphatic carbocycles. The molecule has 0 aliphatic rings. The third-order valence-corrected chi connectivity index (χ3v) is 5.28. The molecule has 0 fully saturated rings. The topological polar surface area (TPSA) is 195 Å². The third kappa shape index (κ3) is 14.2. The number of nitrogens with zero attached hydrogens (tertiary/aromatic N) is 5. The van der Waals surface area contributed by atoms with Crippen LogP contribution in [-0.4, -0.2) is 24.9 Å². The van der Waals surface area contributed by atoms with Gasteiger partial charge in [-0.3, -0.25) is 0 Å². The van der Waals surface area contributed by atoms with E-state index in [0.717, 1.165) is 0 Å². The lowest BCUT2D eigenvalue weighted by atomic mass is 11.0. The maximum atomic E-state index is 5.19. The molecule has 5 aromatic heterocycles. The predicted octanol–water partition coefficient (Wildman–Crippen LogP) is 3.63. The van der Waals surface area contributed by atoms with Crippen molar-refractivity contribution in [3.05, 3.63) is 57.9 Å². The Morgan fingerprint density at radius 2 is 0.533 bits per heavy atom. The van der Waals surface area contributed by atoms with Crippen molar-refractivity contribution in [1.82, 2.24) is 24.9 Å². The highest BCUT2D eigenvalue weighted by molar-refractivity contribution is 7.14. The molecule has 5 rings (SSSR count). The maximum Gasteiger partial charge on any atom is 0.179 e. The van der Waals surface area contributed by atoms with Crippen molar-refractivity contribution in [2.75, 3.05) is 28.7 Å². The Labute approximate surface area is 193 Å². The molecule has 10 nitrogen and oxygen atoms in total. The summed E-state index contributed by atoms with van der Waals surface area (Å²) in [6.07, 6.45) is 8.40. The summed E-state index contributed by atoms with van der Waals surface area (Å²) in [5.41, 5.74) is 25.9. The quantitative estimate of drug-likeness (QED) is 0.209. The van der Waals surface area contributed by atoms with E-state index in [-0.39, 0.29) is 0 Å². The summed E-state index contributed by atoms with van der Waals surface area (Å²) in [5.74, 6) is 0. The molecule has 5 aromatic rings.